The number of rotatable bonds is 4. The molecular weight excluding hydrogens is 228 g/mol. The second kappa shape index (κ2) is 5.38. The Morgan fingerprint density at radius 2 is 2.38 bits per heavy atom. The quantitative estimate of drug-likeness (QED) is 0.845. The van der Waals surface area contributed by atoms with E-state index in [1.165, 1.54) is 0 Å². The standard InChI is InChI=1S/C11H11ClN2O2/c1-2-9(11(15)16)14-10-5-8(12)4-3-7(10)6-13/h3-5,9,14H,2H2,1H3,(H,15,16). The van der Waals surface area contributed by atoms with Gasteiger partial charge in [-0.3, -0.25) is 0 Å². The van der Waals surface area contributed by atoms with E-state index in [0.717, 1.165) is 0 Å². The zero-order valence-corrected chi connectivity index (χ0v) is 9.45. The van der Waals surface area contributed by atoms with Crippen molar-refractivity contribution in [2.24, 2.45) is 0 Å². The highest BCUT2D eigenvalue weighted by molar-refractivity contribution is 6.30. The molecule has 4 nitrogen and oxygen atoms in total. The van der Waals surface area contributed by atoms with Gasteiger partial charge in [0.1, 0.15) is 12.1 Å². The van der Waals surface area contributed by atoms with Crippen LogP contribution in [0.15, 0.2) is 18.2 Å². The van der Waals surface area contributed by atoms with Gasteiger partial charge in [-0.25, -0.2) is 4.79 Å². The predicted octanol–water partition coefficient (Wildman–Crippen LogP) is 2.49. The molecule has 0 aliphatic rings. The zero-order valence-electron chi connectivity index (χ0n) is 8.70. The molecule has 0 spiro atoms. The number of benzene rings is 1. The van der Waals surface area contributed by atoms with E-state index < -0.39 is 12.0 Å². The first-order chi connectivity index (χ1) is 7.58. The van der Waals surface area contributed by atoms with E-state index in [2.05, 4.69) is 5.32 Å². The van der Waals surface area contributed by atoms with Crippen LogP contribution in [0.4, 0.5) is 5.69 Å². The minimum atomic E-state index is -0.952. The number of hydrogen-bond acceptors (Lipinski definition) is 3. The smallest absolute Gasteiger partial charge is 0.326 e. The number of halogens is 1. The first-order valence-electron chi connectivity index (χ1n) is 4.77. The fourth-order valence-corrected chi connectivity index (χ4v) is 1.43. The van der Waals surface area contributed by atoms with Crippen LogP contribution in [0.2, 0.25) is 5.02 Å². The molecule has 0 radical (unpaired) electrons. The van der Waals surface area contributed by atoms with E-state index >= 15 is 0 Å². The van der Waals surface area contributed by atoms with Crippen molar-refractivity contribution in [3.8, 4) is 6.07 Å². The Labute approximate surface area is 98.5 Å². The Kier molecular flexibility index (Phi) is 4.15. The summed E-state index contributed by atoms with van der Waals surface area (Å²) in [5, 5.41) is 21.0. The van der Waals surface area contributed by atoms with Crippen molar-refractivity contribution in [1.29, 1.82) is 5.26 Å². The Morgan fingerprint density at radius 1 is 1.69 bits per heavy atom. The molecular formula is C11H11ClN2O2. The fraction of sp³-hybridized carbons (Fsp3) is 0.273. The van der Waals surface area contributed by atoms with Gasteiger partial charge in [0.2, 0.25) is 0 Å². The minimum Gasteiger partial charge on any atom is -0.480 e. The molecule has 16 heavy (non-hydrogen) atoms. The Bertz CT molecular complexity index is 440. The summed E-state index contributed by atoms with van der Waals surface area (Å²) in [6.45, 7) is 1.75. The summed E-state index contributed by atoms with van der Waals surface area (Å²) in [6, 6.07) is 5.95. The van der Waals surface area contributed by atoms with Crippen molar-refractivity contribution in [1.82, 2.24) is 0 Å². The molecule has 0 aliphatic carbocycles. The van der Waals surface area contributed by atoms with Crippen LogP contribution in [-0.4, -0.2) is 17.1 Å². The molecule has 1 aromatic rings. The fourth-order valence-electron chi connectivity index (χ4n) is 1.26. The zero-order chi connectivity index (χ0) is 12.1. The molecule has 1 aromatic carbocycles. The van der Waals surface area contributed by atoms with Crippen molar-refractivity contribution in [2.75, 3.05) is 5.32 Å². The van der Waals surface area contributed by atoms with E-state index in [4.69, 9.17) is 22.0 Å². The van der Waals surface area contributed by atoms with E-state index in [1.807, 2.05) is 6.07 Å². The second-order valence-electron chi connectivity index (χ2n) is 3.25. The minimum absolute atomic E-state index is 0.379. The summed E-state index contributed by atoms with van der Waals surface area (Å²) in [7, 11) is 0. The number of nitrogens with one attached hydrogen (secondary N) is 1. The average Bonchev–Trinajstić information content (AvgIpc) is 2.25. The maximum atomic E-state index is 10.8. The van der Waals surface area contributed by atoms with Crippen LogP contribution in [0.25, 0.3) is 0 Å². The predicted molar refractivity (Wildman–Crippen MR) is 61.5 cm³/mol. The molecule has 5 heteroatoms. The topological polar surface area (TPSA) is 73.1 Å². The third-order valence-corrected chi connectivity index (χ3v) is 2.37. The van der Waals surface area contributed by atoms with Gasteiger partial charge in [0.25, 0.3) is 0 Å². The normalized spacial score (nSPS) is 11.6. The summed E-state index contributed by atoms with van der Waals surface area (Å²) in [5.74, 6) is -0.952. The van der Waals surface area contributed by atoms with E-state index in [1.54, 1.807) is 25.1 Å². The van der Waals surface area contributed by atoms with Crippen LogP contribution in [0.1, 0.15) is 18.9 Å². The van der Waals surface area contributed by atoms with Crippen LogP contribution in [0.5, 0.6) is 0 Å². The van der Waals surface area contributed by atoms with Crippen molar-refractivity contribution in [2.45, 2.75) is 19.4 Å². The van der Waals surface area contributed by atoms with Gasteiger partial charge < -0.3 is 10.4 Å². The van der Waals surface area contributed by atoms with Gasteiger partial charge in [0, 0.05) is 5.02 Å². The SMILES string of the molecule is CCC(Nc1cc(Cl)ccc1C#N)C(=O)O. The summed E-state index contributed by atoms with van der Waals surface area (Å²) < 4.78 is 0. The Morgan fingerprint density at radius 3 is 2.88 bits per heavy atom. The third kappa shape index (κ3) is 2.88. The molecule has 0 aliphatic heterocycles. The molecule has 2 N–H and O–H groups in total. The Hall–Kier alpha value is -1.73. The van der Waals surface area contributed by atoms with Gasteiger partial charge in [-0.2, -0.15) is 5.26 Å². The molecule has 0 heterocycles. The van der Waals surface area contributed by atoms with Gasteiger partial charge in [-0.05, 0) is 24.6 Å². The number of aliphatic carboxylic acids is 1. The van der Waals surface area contributed by atoms with Gasteiger partial charge in [-0.15, -0.1) is 0 Å². The Balaban J connectivity index is 2.99. The summed E-state index contributed by atoms with van der Waals surface area (Å²) >= 11 is 5.78. The van der Waals surface area contributed by atoms with Crippen molar-refractivity contribution >= 4 is 23.3 Å². The molecule has 1 unspecified atom stereocenters. The number of carboxylic acid groups (broad SMARTS) is 1. The molecule has 0 fully saturated rings. The van der Waals surface area contributed by atoms with Gasteiger partial charge in [-0.1, -0.05) is 18.5 Å². The molecule has 1 atom stereocenters. The highest BCUT2D eigenvalue weighted by atomic mass is 35.5. The number of nitrogens with zero attached hydrogens (tertiary/aromatic N) is 1. The van der Waals surface area contributed by atoms with Crippen LogP contribution in [0.3, 0.4) is 0 Å². The molecule has 0 aromatic heterocycles. The number of anilines is 1. The molecule has 0 amide bonds. The second-order valence-corrected chi connectivity index (χ2v) is 3.68. The van der Waals surface area contributed by atoms with Crippen molar-refractivity contribution in [3.63, 3.8) is 0 Å². The number of carbonyl (C=O) groups is 1. The van der Waals surface area contributed by atoms with Crippen LogP contribution < -0.4 is 5.32 Å². The first-order valence-corrected chi connectivity index (χ1v) is 5.15. The number of nitriles is 1. The molecule has 0 saturated carbocycles. The van der Waals surface area contributed by atoms with Crippen molar-refractivity contribution < 1.29 is 9.90 Å². The highest BCUT2D eigenvalue weighted by Gasteiger charge is 2.16. The lowest BCUT2D eigenvalue weighted by atomic mass is 10.1. The highest BCUT2D eigenvalue weighted by Crippen LogP contribution is 2.21. The third-order valence-electron chi connectivity index (χ3n) is 2.14. The molecule has 0 saturated heterocycles. The largest absolute Gasteiger partial charge is 0.480 e. The maximum absolute atomic E-state index is 10.8. The molecule has 0 bridgehead atoms. The van der Waals surface area contributed by atoms with Gasteiger partial charge in [0.05, 0.1) is 11.3 Å². The van der Waals surface area contributed by atoms with Crippen molar-refractivity contribution in [3.05, 3.63) is 28.8 Å². The van der Waals surface area contributed by atoms with Crippen LogP contribution in [-0.2, 0) is 4.79 Å². The van der Waals surface area contributed by atoms with Gasteiger partial charge in [0.15, 0.2) is 0 Å². The maximum Gasteiger partial charge on any atom is 0.326 e. The summed E-state index contributed by atoms with van der Waals surface area (Å²) in [4.78, 5) is 10.8. The van der Waals surface area contributed by atoms with E-state index in [9.17, 15) is 4.79 Å². The van der Waals surface area contributed by atoms with Crippen LogP contribution >= 0.6 is 11.6 Å². The lowest BCUT2D eigenvalue weighted by molar-refractivity contribution is -0.137. The van der Waals surface area contributed by atoms with Crippen LogP contribution in [0, 0.1) is 11.3 Å². The van der Waals surface area contributed by atoms with Gasteiger partial charge >= 0.3 is 5.97 Å². The first kappa shape index (κ1) is 12.3. The average molecular weight is 239 g/mol. The lowest BCUT2D eigenvalue weighted by Gasteiger charge is -2.14. The summed E-state index contributed by atoms with van der Waals surface area (Å²) in [5.41, 5.74) is 0.827. The molecule has 1 rings (SSSR count). The molecule has 84 valence electrons. The van der Waals surface area contributed by atoms with E-state index in [-0.39, 0.29) is 0 Å². The monoisotopic (exact) mass is 238 g/mol. The number of hydrogen-bond donors (Lipinski definition) is 2. The van der Waals surface area contributed by atoms with E-state index in [0.29, 0.717) is 22.7 Å². The summed E-state index contributed by atoms with van der Waals surface area (Å²) in [6.07, 6.45) is 0.423. The lowest BCUT2D eigenvalue weighted by Crippen LogP contribution is -2.28. The number of carboxylic acids is 1.